The van der Waals surface area contributed by atoms with Gasteiger partial charge < -0.3 is 9.47 Å². The fraction of sp³-hybridized carbons (Fsp3) is 0.543. The van der Waals surface area contributed by atoms with Crippen molar-refractivity contribution in [1.29, 1.82) is 0 Å². The molecule has 0 aliphatic heterocycles. The first-order chi connectivity index (χ1) is 18.2. The van der Waals surface area contributed by atoms with E-state index >= 15 is 0 Å². The summed E-state index contributed by atoms with van der Waals surface area (Å²) in [4.78, 5) is 27.7. The van der Waals surface area contributed by atoms with Crippen molar-refractivity contribution in [2.75, 3.05) is 0 Å². The molecule has 0 aromatic heterocycles. The van der Waals surface area contributed by atoms with Crippen molar-refractivity contribution in [3.8, 4) is 11.5 Å². The quantitative estimate of drug-likeness (QED) is 0.252. The Balaban J connectivity index is 1.71. The highest BCUT2D eigenvalue weighted by atomic mass is 16.5. The van der Waals surface area contributed by atoms with Gasteiger partial charge in [-0.05, 0) is 88.2 Å². The molecule has 2 aromatic rings. The number of esters is 2. The van der Waals surface area contributed by atoms with Crippen molar-refractivity contribution in [1.82, 2.24) is 0 Å². The second-order valence-electron chi connectivity index (χ2n) is 13.3. The first-order valence-electron chi connectivity index (χ1n) is 14.7. The van der Waals surface area contributed by atoms with Crippen LogP contribution in [-0.4, -0.2) is 11.9 Å². The Labute approximate surface area is 235 Å². The van der Waals surface area contributed by atoms with Crippen LogP contribution in [0.3, 0.4) is 0 Å². The molecule has 4 rings (SSSR count). The maximum Gasteiger partial charge on any atom is 0.340 e. The molecule has 1 saturated carbocycles. The molecule has 0 amide bonds. The predicted octanol–water partition coefficient (Wildman–Crippen LogP) is 9.05. The average molecular weight is 531 g/mol. The van der Waals surface area contributed by atoms with E-state index in [2.05, 4.69) is 81.4 Å². The lowest BCUT2D eigenvalue weighted by molar-refractivity contribution is -0.133. The van der Waals surface area contributed by atoms with Crippen LogP contribution in [0, 0.1) is 17.3 Å². The van der Waals surface area contributed by atoms with E-state index in [9.17, 15) is 9.59 Å². The van der Waals surface area contributed by atoms with Gasteiger partial charge in [0.1, 0.15) is 11.5 Å². The second kappa shape index (κ2) is 10.9. The van der Waals surface area contributed by atoms with Crippen molar-refractivity contribution in [3.05, 3.63) is 69.8 Å². The van der Waals surface area contributed by atoms with E-state index in [-0.39, 0.29) is 29.1 Å². The Morgan fingerprint density at radius 1 is 0.641 bits per heavy atom. The van der Waals surface area contributed by atoms with Crippen LogP contribution in [0.25, 0.3) is 0 Å². The molecular weight excluding hydrogens is 484 g/mol. The lowest BCUT2D eigenvalue weighted by Crippen LogP contribution is -2.24. The number of hydrogen-bond donors (Lipinski definition) is 0. The molecule has 2 aromatic carbocycles. The van der Waals surface area contributed by atoms with E-state index in [1.54, 1.807) is 0 Å². The van der Waals surface area contributed by atoms with Gasteiger partial charge in [0.05, 0.1) is 11.1 Å². The lowest BCUT2D eigenvalue weighted by atomic mass is 9.79. The van der Waals surface area contributed by atoms with Crippen LogP contribution in [0.4, 0.5) is 0 Å². The fourth-order valence-corrected chi connectivity index (χ4v) is 6.48. The summed E-state index contributed by atoms with van der Waals surface area (Å²) in [5.41, 5.74) is 5.26. The summed E-state index contributed by atoms with van der Waals surface area (Å²) >= 11 is 0. The monoisotopic (exact) mass is 530 g/mol. The Morgan fingerprint density at radius 3 is 1.31 bits per heavy atom. The second-order valence-corrected chi connectivity index (χ2v) is 13.3. The molecule has 0 N–H and O–H groups in total. The molecule has 2 aliphatic rings. The molecular formula is C35H46O4. The van der Waals surface area contributed by atoms with Gasteiger partial charge in [-0.1, -0.05) is 93.5 Å². The highest BCUT2D eigenvalue weighted by Crippen LogP contribution is 2.60. The number of ether oxygens (including phenoxy) is 2. The highest BCUT2D eigenvalue weighted by molar-refractivity contribution is 6.04. The third-order valence-corrected chi connectivity index (χ3v) is 9.02. The minimum absolute atomic E-state index is 0.0251. The largest absolute Gasteiger partial charge is 0.423 e. The molecule has 0 saturated heterocycles. The summed E-state index contributed by atoms with van der Waals surface area (Å²) in [5.74, 6) is 1.43. The van der Waals surface area contributed by atoms with Gasteiger partial charge in [-0.15, -0.1) is 0 Å². The summed E-state index contributed by atoms with van der Waals surface area (Å²) in [5, 5.41) is 0. The van der Waals surface area contributed by atoms with Crippen LogP contribution in [-0.2, 0) is 9.59 Å². The van der Waals surface area contributed by atoms with Crippen molar-refractivity contribution in [3.63, 3.8) is 0 Å². The SMILES string of the molecule is CC(C)c1ccc(OC(=O)C2=C(C(=O)Oc3ccc(C(C)C)cc3C(C)C)C3CCC2C3(C)C)c(C(C)C)c1. The summed E-state index contributed by atoms with van der Waals surface area (Å²) in [6.07, 6.45) is 1.76. The first kappa shape index (κ1) is 29.1. The third kappa shape index (κ3) is 5.44. The summed E-state index contributed by atoms with van der Waals surface area (Å²) < 4.78 is 12.2. The number of benzene rings is 2. The lowest BCUT2D eigenvalue weighted by Gasteiger charge is -2.25. The van der Waals surface area contributed by atoms with Crippen LogP contribution >= 0.6 is 0 Å². The van der Waals surface area contributed by atoms with Gasteiger partial charge in [0, 0.05) is 0 Å². The van der Waals surface area contributed by atoms with Crippen LogP contribution in [0.1, 0.15) is 128 Å². The van der Waals surface area contributed by atoms with E-state index in [0.717, 1.165) is 24.0 Å². The van der Waals surface area contributed by atoms with E-state index in [1.165, 1.54) is 11.1 Å². The Bertz CT molecular complexity index is 1190. The number of fused-ring (bicyclic) bond motifs is 2. The normalized spacial score (nSPS) is 20.1. The molecule has 39 heavy (non-hydrogen) atoms. The smallest absolute Gasteiger partial charge is 0.340 e. The molecule has 2 bridgehead atoms. The number of hydrogen-bond acceptors (Lipinski definition) is 4. The summed E-state index contributed by atoms with van der Waals surface area (Å²) in [7, 11) is 0. The molecule has 2 unspecified atom stereocenters. The van der Waals surface area contributed by atoms with Crippen molar-refractivity contribution < 1.29 is 19.1 Å². The van der Waals surface area contributed by atoms with Gasteiger partial charge in [0.25, 0.3) is 0 Å². The Hall–Kier alpha value is -2.88. The molecule has 0 radical (unpaired) electrons. The minimum Gasteiger partial charge on any atom is -0.423 e. The van der Waals surface area contributed by atoms with Crippen LogP contribution < -0.4 is 9.47 Å². The standard InChI is InChI=1S/C35H46O4/c1-19(2)23-11-15-29(25(17-23)21(5)6)38-33(36)31-27-13-14-28(35(27,9)10)32(31)34(37)39-30-16-12-24(20(3)4)18-26(30)22(7)8/h11-12,15-22,27-28H,13-14H2,1-10H3. The Morgan fingerprint density at radius 2 is 1.00 bits per heavy atom. The van der Waals surface area contributed by atoms with Gasteiger partial charge in [0.15, 0.2) is 0 Å². The molecule has 0 heterocycles. The zero-order chi connectivity index (χ0) is 28.8. The first-order valence-corrected chi connectivity index (χ1v) is 14.7. The van der Waals surface area contributed by atoms with E-state index in [4.69, 9.17) is 9.47 Å². The van der Waals surface area contributed by atoms with Gasteiger partial charge in [-0.25, -0.2) is 9.59 Å². The van der Waals surface area contributed by atoms with E-state index in [1.807, 2.05) is 24.3 Å². The number of rotatable bonds is 8. The zero-order valence-electron chi connectivity index (χ0n) is 25.5. The van der Waals surface area contributed by atoms with Crippen LogP contribution in [0.15, 0.2) is 47.5 Å². The van der Waals surface area contributed by atoms with Crippen molar-refractivity contribution >= 4 is 11.9 Å². The third-order valence-electron chi connectivity index (χ3n) is 9.02. The molecule has 4 heteroatoms. The Kier molecular flexibility index (Phi) is 8.17. The minimum atomic E-state index is -0.416. The van der Waals surface area contributed by atoms with Crippen molar-refractivity contribution in [2.45, 2.75) is 106 Å². The van der Waals surface area contributed by atoms with Gasteiger partial charge in [0.2, 0.25) is 0 Å². The van der Waals surface area contributed by atoms with Crippen LogP contribution in [0.5, 0.6) is 11.5 Å². The maximum atomic E-state index is 13.9. The number of carbonyl (C=O) groups excluding carboxylic acids is 2. The van der Waals surface area contributed by atoms with E-state index < -0.39 is 11.9 Å². The summed E-state index contributed by atoms with van der Waals surface area (Å²) in [6, 6.07) is 12.2. The zero-order valence-corrected chi connectivity index (χ0v) is 25.5. The molecule has 210 valence electrons. The highest BCUT2D eigenvalue weighted by Gasteiger charge is 2.57. The maximum absolute atomic E-state index is 13.9. The molecule has 2 atom stereocenters. The summed E-state index contributed by atoms with van der Waals surface area (Å²) in [6.45, 7) is 21.4. The number of carbonyl (C=O) groups is 2. The fourth-order valence-electron chi connectivity index (χ4n) is 6.48. The van der Waals surface area contributed by atoms with Gasteiger partial charge in [-0.2, -0.15) is 0 Å². The molecule has 0 spiro atoms. The van der Waals surface area contributed by atoms with Crippen LogP contribution in [0.2, 0.25) is 0 Å². The van der Waals surface area contributed by atoms with Gasteiger partial charge in [-0.3, -0.25) is 0 Å². The van der Waals surface area contributed by atoms with Gasteiger partial charge >= 0.3 is 11.9 Å². The average Bonchev–Trinajstić information content (AvgIpc) is 3.28. The topological polar surface area (TPSA) is 52.6 Å². The predicted molar refractivity (Wildman–Crippen MR) is 158 cm³/mol. The molecule has 4 nitrogen and oxygen atoms in total. The molecule has 1 fully saturated rings. The van der Waals surface area contributed by atoms with E-state index in [0.29, 0.717) is 34.5 Å². The molecule has 2 aliphatic carbocycles. The van der Waals surface area contributed by atoms with Crippen molar-refractivity contribution in [2.24, 2.45) is 17.3 Å².